The fourth-order valence-corrected chi connectivity index (χ4v) is 2.41. The molecule has 1 saturated heterocycles. The van der Waals surface area contributed by atoms with Crippen LogP contribution in [0.5, 0.6) is 0 Å². The molecule has 0 bridgehead atoms. The molecule has 1 heterocycles. The van der Waals surface area contributed by atoms with Gasteiger partial charge in [-0.05, 0) is 46.5 Å². The molecule has 0 aromatic heterocycles. The molecule has 6 nitrogen and oxygen atoms in total. The molecule has 0 spiro atoms. The van der Waals surface area contributed by atoms with Crippen LogP contribution < -0.4 is 0 Å². The Morgan fingerprint density at radius 1 is 1.29 bits per heavy atom. The minimum atomic E-state index is -0.743. The standard InChI is InChI=1S/C15H26N2O4/c1-10(13(18)19)12-6-8-17(9-7-12)11(2)16-14(20)21-15(3,4)5/h10,12H,6-9H2,1-5H3,(H,18,19)/t10-/m1/s1. The van der Waals surface area contributed by atoms with Crippen LogP contribution in [0.25, 0.3) is 0 Å². The van der Waals surface area contributed by atoms with Gasteiger partial charge in [-0.3, -0.25) is 4.79 Å². The molecule has 1 aliphatic rings. The van der Waals surface area contributed by atoms with Crippen LogP contribution >= 0.6 is 0 Å². The Kier molecular flexibility index (Phi) is 5.75. The average molecular weight is 298 g/mol. The third kappa shape index (κ3) is 5.73. The molecule has 1 atom stereocenters. The Bertz CT molecular complexity index is 418. The van der Waals surface area contributed by atoms with Gasteiger partial charge in [0.15, 0.2) is 0 Å². The average Bonchev–Trinajstić information content (AvgIpc) is 2.35. The molecule has 21 heavy (non-hydrogen) atoms. The van der Waals surface area contributed by atoms with Crippen molar-refractivity contribution in [1.29, 1.82) is 0 Å². The quantitative estimate of drug-likeness (QED) is 0.626. The number of carboxylic acids is 1. The maximum absolute atomic E-state index is 11.7. The number of piperidine rings is 1. The summed E-state index contributed by atoms with van der Waals surface area (Å²) in [5, 5.41) is 9.04. The van der Waals surface area contributed by atoms with E-state index < -0.39 is 17.7 Å². The number of likely N-dealkylation sites (tertiary alicyclic amines) is 1. The molecular formula is C15H26N2O4. The number of hydrogen-bond acceptors (Lipinski definition) is 3. The number of carbonyl (C=O) groups is 2. The van der Waals surface area contributed by atoms with Crippen LogP contribution in [0.15, 0.2) is 4.99 Å². The predicted molar refractivity (Wildman–Crippen MR) is 80.4 cm³/mol. The number of amides is 1. The van der Waals surface area contributed by atoms with E-state index in [1.165, 1.54) is 0 Å². The van der Waals surface area contributed by atoms with Crippen molar-refractivity contribution in [3.8, 4) is 0 Å². The first kappa shape index (κ1) is 17.5. The first-order valence-electron chi connectivity index (χ1n) is 7.36. The van der Waals surface area contributed by atoms with Gasteiger partial charge in [-0.25, -0.2) is 4.79 Å². The lowest BCUT2D eigenvalue weighted by molar-refractivity contribution is -0.143. The lowest BCUT2D eigenvalue weighted by Gasteiger charge is -2.34. The van der Waals surface area contributed by atoms with Crippen LogP contribution in [0.4, 0.5) is 4.79 Å². The van der Waals surface area contributed by atoms with Crippen molar-refractivity contribution in [2.24, 2.45) is 16.8 Å². The van der Waals surface area contributed by atoms with Crippen molar-refractivity contribution in [2.45, 2.75) is 53.1 Å². The molecule has 0 saturated carbocycles. The van der Waals surface area contributed by atoms with Crippen molar-refractivity contribution in [2.75, 3.05) is 13.1 Å². The monoisotopic (exact) mass is 298 g/mol. The summed E-state index contributed by atoms with van der Waals surface area (Å²) in [6.07, 6.45) is 1.02. The van der Waals surface area contributed by atoms with Gasteiger partial charge in [0.05, 0.1) is 5.92 Å². The maximum atomic E-state index is 11.7. The summed E-state index contributed by atoms with van der Waals surface area (Å²) in [6, 6.07) is 0. The molecule has 0 unspecified atom stereocenters. The molecule has 1 rings (SSSR count). The van der Waals surface area contributed by atoms with Gasteiger partial charge < -0.3 is 14.7 Å². The minimum Gasteiger partial charge on any atom is -0.481 e. The molecule has 0 aliphatic carbocycles. The van der Waals surface area contributed by atoms with Gasteiger partial charge in [0, 0.05) is 13.1 Å². The van der Waals surface area contributed by atoms with Gasteiger partial charge >= 0.3 is 12.1 Å². The largest absolute Gasteiger partial charge is 0.481 e. The molecule has 1 amide bonds. The van der Waals surface area contributed by atoms with Crippen LogP contribution in [0.1, 0.15) is 47.5 Å². The molecule has 0 aromatic rings. The number of hydrogen-bond donors (Lipinski definition) is 1. The van der Waals surface area contributed by atoms with E-state index in [-0.39, 0.29) is 11.8 Å². The van der Waals surface area contributed by atoms with Gasteiger partial charge in [0.1, 0.15) is 11.4 Å². The summed E-state index contributed by atoms with van der Waals surface area (Å²) >= 11 is 0. The summed E-state index contributed by atoms with van der Waals surface area (Å²) in [4.78, 5) is 28.6. The van der Waals surface area contributed by atoms with Crippen LogP contribution in [-0.4, -0.2) is 46.6 Å². The zero-order valence-corrected chi connectivity index (χ0v) is 13.5. The number of rotatable bonds is 2. The highest BCUT2D eigenvalue weighted by molar-refractivity contribution is 5.90. The Morgan fingerprint density at radius 3 is 2.24 bits per heavy atom. The molecule has 1 aliphatic heterocycles. The zero-order chi connectivity index (χ0) is 16.2. The lowest BCUT2D eigenvalue weighted by atomic mass is 9.85. The van der Waals surface area contributed by atoms with Crippen molar-refractivity contribution >= 4 is 17.9 Å². The molecule has 1 N–H and O–H groups in total. The summed E-state index contributed by atoms with van der Waals surface area (Å²) in [6.45, 7) is 10.4. The fraction of sp³-hybridized carbons (Fsp3) is 0.800. The molecule has 6 heteroatoms. The zero-order valence-electron chi connectivity index (χ0n) is 13.5. The highest BCUT2D eigenvalue weighted by Crippen LogP contribution is 2.25. The van der Waals surface area contributed by atoms with Crippen LogP contribution in [0.2, 0.25) is 0 Å². The summed E-state index contributed by atoms with van der Waals surface area (Å²) < 4.78 is 5.16. The Labute approximate surface area is 126 Å². The summed E-state index contributed by atoms with van der Waals surface area (Å²) in [5.41, 5.74) is -0.551. The number of aliphatic carboxylic acids is 1. The summed E-state index contributed by atoms with van der Waals surface area (Å²) in [5.74, 6) is -0.249. The summed E-state index contributed by atoms with van der Waals surface area (Å²) in [7, 11) is 0. The van der Waals surface area contributed by atoms with Gasteiger partial charge in [-0.15, -0.1) is 0 Å². The highest BCUT2D eigenvalue weighted by atomic mass is 16.6. The Balaban J connectivity index is 2.53. The molecule has 1 fully saturated rings. The maximum Gasteiger partial charge on any atom is 0.435 e. The topological polar surface area (TPSA) is 79.2 Å². The number of ether oxygens (including phenoxy) is 1. The van der Waals surface area contributed by atoms with E-state index in [9.17, 15) is 9.59 Å². The minimum absolute atomic E-state index is 0.188. The van der Waals surface area contributed by atoms with Crippen molar-refractivity contribution in [3.63, 3.8) is 0 Å². The highest BCUT2D eigenvalue weighted by Gasteiger charge is 2.28. The van der Waals surface area contributed by atoms with Crippen LogP contribution in [0.3, 0.4) is 0 Å². The lowest BCUT2D eigenvalue weighted by Crippen LogP contribution is -2.40. The van der Waals surface area contributed by atoms with E-state index >= 15 is 0 Å². The fourth-order valence-electron chi connectivity index (χ4n) is 2.41. The number of carboxylic acid groups (broad SMARTS) is 1. The van der Waals surface area contributed by atoms with Crippen molar-refractivity contribution in [1.82, 2.24) is 4.90 Å². The molecule has 0 radical (unpaired) electrons. The van der Waals surface area contributed by atoms with E-state index in [1.807, 2.05) is 4.90 Å². The normalized spacial score (nSPS) is 19.3. The third-order valence-electron chi connectivity index (χ3n) is 3.74. The van der Waals surface area contributed by atoms with Gasteiger partial charge in [-0.2, -0.15) is 4.99 Å². The van der Waals surface area contributed by atoms with Crippen molar-refractivity contribution < 1.29 is 19.4 Å². The van der Waals surface area contributed by atoms with Gasteiger partial charge in [0.25, 0.3) is 0 Å². The van der Waals surface area contributed by atoms with Crippen LogP contribution in [-0.2, 0) is 9.53 Å². The van der Waals surface area contributed by atoms with E-state index in [1.54, 1.807) is 34.6 Å². The number of carbonyl (C=O) groups excluding carboxylic acids is 1. The smallest absolute Gasteiger partial charge is 0.435 e. The number of amidine groups is 1. The first-order valence-corrected chi connectivity index (χ1v) is 7.36. The second kappa shape index (κ2) is 6.91. The molecular weight excluding hydrogens is 272 g/mol. The molecule has 0 aromatic carbocycles. The third-order valence-corrected chi connectivity index (χ3v) is 3.74. The van der Waals surface area contributed by atoms with E-state index in [0.717, 1.165) is 25.9 Å². The van der Waals surface area contributed by atoms with Crippen LogP contribution in [0, 0.1) is 11.8 Å². The van der Waals surface area contributed by atoms with Gasteiger partial charge in [-0.1, -0.05) is 6.92 Å². The van der Waals surface area contributed by atoms with E-state index in [2.05, 4.69) is 4.99 Å². The Morgan fingerprint density at radius 2 is 1.81 bits per heavy atom. The predicted octanol–water partition coefficient (Wildman–Crippen LogP) is 2.77. The Hall–Kier alpha value is -1.59. The second-order valence-electron chi connectivity index (χ2n) is 6.59. The SMILES string of the molecule is CC(=NC(=O)OC(C)(C)C)N1CCC([C@@H](C)C(=O)O)CC1. The first-order chi connectivity index (χ1) is 9.60. The van der Waals surface area contributed by atoms with Gasteiger partial charge in [0.2, 0.25) is 0 Å². The van der Waals surface area contributed by atoms with E-state index in [4.69, 9.17) is 9.84 Å². The number of nitrogens with zero attached hydrogens (tertiary/aromatic N) is 2. The molecule has 120 valence electrons. The van der Waals surface area contributed by atoms with Crippen molar-refractivity contribution in [3.05, 3.63) is 0 Å². The van der Waals surface area contributed by atoms with E-state index in [0.29, 0.717) is 5.84 Å². The number of aliphatic imine (C=N–C) groups is 1. The second-order valence-corrected chi connectivity index (χ2v) is 6.59.